The van der Waals surface area contributed by atoms with Crippen molar-refractivity contribution in [2.24, 2.45) is 0 Å². The number of benzene rings is 1. The molecule has 102 valence electrons. The van der Waals surface area contributed by atoms with Crippen molar-refractivity contribution in [1.29, 1.82) is 0 Å². The highest BCUT2D eigenvalue weighted by Gasteiger charge is 2.02. The van der Waals surface area contributed by atoms with Crippen LogP contribution in [0.2, 0.25) is 0 Å². The molecule has 0 saturated heterocycles. The summed E-state index contributed by atoms with van der Waals surface area (Å²) < 4.78 is 4.99. The number of allylic oxidation sites excluding steroid dienone is 4. The van der Waals surface area contributed by atoms with Gasteiger partial charge in [0.2, 0.25) is 0 Å². The number of aliphatic hydroxyl groups is 1. The molecule has 0 heterocycles. The summed E-state index contributed by atoms with van der Waals surface area (Å²) in [6, 6.07) is 4.31. The highest BCUT2D eigenvalue weighted by Crippen LogP contribution is 2.22. The second-order valence-electron chi connectivity index (χ2n) is 4.15. The van der Waals surface area contributed by atoms with Crippen LogP contribution in [0.3, 0.4) is 0 Å². The average molecular weight is 270 g/mol. The third-order valence-electron chi connectivity index (χ3n) is 2.64. The zero-order valence-electron chi connectivity index (χ0n) is 10.9. The molecule has 20 heavy (non-hydrogen) atoms. The van der Waals surface area contributed by atoms with Gasteiger partial charge in [-0.1, -0.05) is 6.08 Å². The van der Waals surface area contributed by atoms with Gasteiger partial charge >= 0.3 is 0 Å². The van der Waals surface area contributed by atoms with Crippen molar-refractivity contribution >= 4 is 6.08 Å². The van der Waals surface area contributed by atoms with Gasteiger partial charge in [0.05, 0.1) is 7.11 Å². The minimum Gasteiger partial charge on any atom is -0.508 e. The molecular formula is C16H14O4. The summed E-state index contributed by atoms with van der Waals surface area (Å²) in [7, 11) is 1.47. The number of ether oxygens (including phenoxy) is 1. The normalized spacial score (nSPS) is 14.6. The molecule has 4 heteroatoms. The lowest BCUT2D eigenvalue weighted by Gasteiger charge is -1.99. The molecule has 1 aliphatic rings. The van der Waals surface area contributed by atoms with Crippen LogP contribution in [0.15, 0.2) is 65.3 Å². The van der Waals surface area contributed by atoms with Crippen LogP contribution in [0.4, 0.5) is 0 Å². The molecule has 4 nitrogen and oxygen atoms in total. The molecule has 0 aromatic heterocycles. The number of hydrogen-bond acceptors (Lipinski definition) is 4. The van der Waals surface area contributed by atoms with Crippen LogP contribution >= 0.6 is 0 Å². The topological polar surface area (TPSA) is 69.9 Å². The average Bonchev–Trinajstić information content (AvgIpc) is 2.57. The van der Waals surface area contributed by atoms with E-state index in [9.17, 15) is 15.3 Å². The second-order valence-corrected chi connectivity index (χ2v) is 4.15. The Bertz CT molecular complexity index is 651. The first-order valence-corrected chi connectivity index (χ1v) is 5.91. The molecule has 1 aromatic rings. The van der Waals surface area contributed by atoms with E-state index in [4.69, 9.17) is 4.74 Å². The predicted molar refractivity (Wildman–Crippen MR) is 76.2 cm³/mol. The van der Waals surface area contributed by atoms with E-state index in [1.165, 1.54) is 31.4 Å². The van der Waals surface area contributed by atoms with Crippen LogP contribution in [0.25, 0.3) is 6.08 Å². The van der Waals surface area contributed by atoms with Gasteiger partial charge in [-0.3, -0.25) is 0 Å². The van der Waals surface area contributed by atoms with E-state index in [0.717, 1.165) is 0 Å². The molecule has 0 fully saturated rings. The van der Waals surface area contributed by atoms with Crippen molar-refractivity contribution in [2.45, 2.75) is 0 Å². The smallest absolute Gasteiger partial charge is 0.165 e. The summed E-state index contributed by atoms with van der Waals surface area (Å²) in [5.74, 6) is 0.344. The maximum Gasteiger partial charge on any atom is 0.165 e. The molecule has 0 bridgehead atoms. The van der Waals surface area contributed by atoms with Crippen LogP contribution in [0.1, 0.15) is 5.56 Å². The third kappa shape index (κ3) is 3.34. The molecule has 3 N–H and O–H groups in total. The molecule has 0 amide bonds. The number of methoxy groups -OCH3 is 1. The number of aliphatic hydroxyl groups excluding tert-OH is 1. The Kier molecular flexibility index (Phi) is 3.99. The first-order valence-electron chi connectivity index (χ1n) is 5.91. The van der Waals surface area contributed by atoms with Crippen LogP contribution in [-0.2, 0) is 4.74 Å². The lowest BCUT2D eigenvalue weighted by molar-refractivity contribution is 0.275. The summed E-state index contributed by atoms with van der Waals surface area (Å²) >= 11 is 0. The monoisotopic (exact) mass is 270 g/mol. The van der Waals surface area contributed by atoms with Crippen molar-refractivity contribution in [2.75, 3.05) is 7.11 Å². The summed E-state index contributed by atoms with van der Waals surface area (Å²) in [5, 5.41) is 28.4. The molecule has 0 aliphatic heterocycles. The number of hydrogen-bond donors (Lipinski definition) is 3. The van der Waals surface area contributed by atoms with Gasteiger partial charge in [0, 0.05) is 17.7 Å². The van der Waals surface area contributed by atoms with Crippen molar-refractivity contribution in [3.8, 4) is 11.5 Å². The summed E-state index contributed by atoms with van der Waals surface area (Å²) in [6.45, 7) is 0. The first-order chi connectivity index (χ1) is 9.58. The minimum atomic E-state index is -0.00781. The Hall–Kier alpha value is -2.84. The van der Waals surface area contributed by atoms with E-state index in [1.54, 1.807) is 24.3 Å². The van der Waals surface area contributed by atoms with Crippen molar-refractivity contribution in [1.82, 2.24) is 0 Å². The molecule has 1 aliphatic carbocycles. The fourth-order valence-corrected chi connectivity index (χ4v) is 1.70. The SMILES string of the molecule is COC1=C(O)C=C=C(/C=C/c2cc(O)cc(O)c2)C=C1. The minimum absolute atomic E-state index is 0.00199. The Labute approximate surface area is 116 Å². The number of rotatable bonds is 3. The Morgan fingerprint density at radius 3 is 2.35 bits per heavy atom. The summed E-state index contributed by atoms with van der Waals surface area (Å²) in [5.41, 5.74) is 4.27. The largest absolute Gasteiger partial charge is 0.508 e. The van der Waals surface area contributed by atoms with Crippen LogP contribution < -0.4 is 0 Å². The first kappa shape index (κ1) is 13.6. The number of phenolic OH excluding ortho intramolecular Hbond substituents is 2. The van der Waals surface area contributed by atoms with Crippen molar-refractivity contribution in [3.63, 3.8) is 0 Å². The van der Waals surface area contributed by atoms with Crippen LogP contribution in [0, 0.1) is 0 Å². The standard InChI is InChI=1S/C16H14O4/c1-20-16-7-5-11(4-6-15(16)19)2-3-12-8-13(17)10-14(18)9-12/h2-3,5-10,17-19H,1H3/b3-2+. The molecule has 0 radical (unpaired) electrons. The van der Waals surface area contributed by atoms with Crippen LogP contribution in [-0.4, -0.2) is 22.4 Å². The van der Waals surface area contributed by atoms with E-state index in [0.29, 0.717) is 16.9 Å². The van der Waals surface area contributed by atoms with E-state index in [2.05, 4.69) is 5.73 Å². The highest BCUT2D eigenvalue weighted by atomic mass is 16.5. The summed E-state index contributed by atoms with van der Waals surface area (Å²) in [4.78, 5) is 0. The van der Waals surface area contributed by atoms with E-state index in [1.807, 2.05) is 0 Å². The van der Waals surface area contributed by atoms with E-state index >= 15 is 0 Å². The van der Waals surface area contributed by atoms with E-state index in [-0.39, 0.29) is 17.3 Å². The zero-order chi connectivity index (χ0) is 14.5. The highest BCUT2D eigenvalue weighted by molar-refractivity contribution is 5.58. The van der Waals surface area contributed by atoms with Crippen LogP contribution in [0.5, 0.6) is 11.5 Å². The van der Waals surface area contributed by atoms with Gasteiger partial charge < -0.3 is 20.1 Å². The number of aromatic hydroxyl groups is 2. The molecule has 0 atom stereocenters. The maximum atomic E-state index is 9.61. The Morgan fingerprint density at radius 2 is 1.70 bits per heavy atom. The van der Waals surface area contributed by atoms with Gasteiger partial charge in [-0.25, -0.2) is 0 Å². The molecule has 0 saturated carbocycles. The second kappa shape index (κ2) is 5.87. The molecular weight excluding hydrogens is 256 g/mol. The van der Waals surface area contributed by atoms with Gasteiger partial charge in [0.1, 0.15) is 11.5 Å². The van der Waals surface area contributed by atoms with Gasteiger partial charge in [0.25, 0.3) is 0 Å². The van der Waals surface area contributed by atoms with Gasteiger partial charge in [-0.05, 0) is 35.9 Å². The van der Waals surface area contributed by atoms with E-state index < -0.39 is 0 Å². The molecule has 1 aromatic carbocycles. The maximum absolute atomic E-state index is 9.61. The molecule has 2 rings (SSSR count). The van der Waals surface area contributed by atoms with Crippen molar-refractivity contribution < 1.29 is 20.1 Å². The van der Waals surface area contributed by atoms with Gasteiger partial charge in [0.15, 0.2) is 11.5 Å². The lowest BCUT2D eigenvalue weighted by atomic mass is 10.1. The quantitative estimate of drug-likeness (QED) is 0.738. The molecule has 0 spiro atoms. The Balaban J connectivity index is 2.23. The predicted octanol–water partition coefficient (Wildman–Crippen LogP) is 3.18. The summed E-state index contributed by atoms with van der Waals surface area (Å²) in [6.07, 6.45) is 8.24. The Morgan fingerprint density at radius 1 is 1.00 bits per heavy atom. The van der Waals surface area contributed by atoms with Gasteiger partial charge in [-0.2, -0.15) is 0 Å². The lowest BCUT2D eigenvalue weighted by Crippen LogP contribution is -1.86. The van der Waals surface area contributed by atoms with Crippen molar-refractivity contribution in [3.05, 3.63) is 70.9 Å². The zero-order valence-corrected chi connectivity index (χ0v) is 10.9. The fourth-order valence-electron chi connectivity index (χ4n) is 1.70. The molecule has 0 unspecified atom stereocenters. The number of phenols is 2. The van der Waals surface area contributed by atoms with Gasteiger partial charge in [-0.15, -0.1) is 5.73 Å². The fraction of sp³-hybridized carbons (Fsp3) is 0.0625. The third-order valence-corrected chi connectivity index (χ3v) is 2.64.